The quantitative estimate of drug-likeness (QED) is 0.277. The Morgan fingerprint density at radius 2 is 1.59 bits per heavy atom. The SMILES string of the molecule is CCOC(=O)C(CC)OO[Si](CC)(CC)CC. The van der Waals surface area contributed by atoms with Crippen LogP contribution in [0.2, 0.25) is 18.1 Å². The van der Waals surface area contributed by atoms with Crippen LogP contribution in [0.25, 0.3) is 0 Å². The summed E-state index contributed by atoms with van der Waals surface area (Å²) in [5.74, 6) is -0.332. The zero-order chi connectivity index (χ0) is 13.3. The van der Waals surface area contributed by atoms with E-state index in [4.69, 9.17) is 14.2 Å². The van der Waals surface area contributed by atoms with Crippen molar-refractivity contribution in [1.29, 1.82) is 0 Å². The highest BCUT2D eigenvalue weighted by atomic mass is 28.4. The molecule has 0 aromatic rings. The number of hydrogen-bond acceptors (Lipinski definition) is 4. The molecule has 0 N–H and O–H groups in total. The van der Waals surface area contributed by atoms with Gasteiger partial charge in [0.2, 0.25) is 8.32 Å². The number of hydrogen-bond donors (Lipinski definition) is 0. The van der Waals surface area contributed by atoms with E-state index in [1.165, 1.54) is 0 Å². The van der Waals surface area contributed by atoms with Gasteiger partial charge in [0, 0.05) is 0 Å². The third-order valence-electron chi connectivity index (χ3n) is 3.19. The van der Waals surface area contributed by atoms with Crippen LogP contribution in [0.3, 0.4) is 0 Å². The first-order chi connectivity index (χ1) is 8.09. The summed E-state index contributed by atoms with van der Waals surface area (Å²) in [5, 5.41) is 0. The second-order valence-corrected chi connectivity index (χ2v) is 8.73. The third-order valence-corrected chi connectivity index (χ3v) is 7.51. The Morgan fingerprint density at radius 1 is 1.06 bits per heavy atom. The van der Waals surface area contributed by atoms with E-state index in [0.717, 1.165) is 18.1 Å². The lowest BCUT2D eigenvalue weighted by Gasteiger charge is -2.27. The highest BCUT2D eigenvalue weighted by molar-refractivity contribution is 6.73. The standard InChI is InChI=1S/C12H26O4Si/c1-6-11(12(13)14-7-2)15-16-17(8-3,9-4)10-5/h11H,6-10H2,1-5H3. The van der Waals surface area contributed by atoms with Gasteiger partial charge in [-0.1, -0.05) is 27.7 Å². The zero-order valence-corrected chi connectivity index (χ0v) is 12.7. The highest BCUT2D eigenvalue weighted by Crippen LogP contribution is 2.23. The maximum Gasteiger partial charge on any atom is 0.338 e. The van der Waals surface area contributed by atoms with Crippen LogP contribution in [-0.4, -0.2) is 27.0 Å². The van der Waals surface area contributed by atoms with Gasteiger partial charge in [-0.15, -0.1) is 0 Å². The van der Waals surface area contributed by atoms with E-state index in [1.54, 1.807) is 6.92 Å². The summed E-state index contributed by atoms with van der Waals surface area (Å²) in [6, 6.07) is 3.00. The fourth-order valence-corrected chi connectivity index (χ4v) is 3.77. The lowest BCUT2D eigenvalue weighted by atomic mass is 10.3. The van der Waals surface area contributed by atoms with Crippen molar-refractivity contribution in [2.45, 2.75) is 65.3 Å². The molecular formula is C12H26O4Si. The molecule has 0 heterocycles. The molecule has 0 bridgehead atoms. The third kappa shape index (κ3) is 5.19. The lowest BCUT2D eigenvalue weighted by molar-refractivity contribution is -0.259. The summed E-state index contributed by atoms with van der Waals surface area (Å²) < 4.78 is 10.6. The molecule has 0 saturated heterocycles. The lowest BCUT2D eigenvalue weighted by Crippen LogP contribution is -2.39. The molecule has 0 aromatic carbocycles. The van der Waals surface area contributed by atoms with Crippen LogP contribution in [0.15, 0.2) is 0 Å². The van der Waals surface area contributed by atoms with Crippen molar-refractivity contribution < 1.29 is 19.0 Å². The summed E-state index contributed by atoms with van der Waals surface area (Å²) in [4.78, 5) is 16.9. The first kappa shape index (κ1) is 16.6. The number of carbonyl (C=O) groups excluding carboxylic acids is 1. The van der Waals surface area contributed by atoms with Crippen molar-refractivity contribution in [3.05, 3.63) is 0 Å². The molecule has 102 valence electrons. The smallest absolute Gasteiger partial charge is 0.338 e. The van der Waals surface area contributed by atoms with Gasteiger partial charge >= 0.3 is 5.97 Å². The fourth-order valence-electron chi connectivity index (χ4n) is 1.60. The Labute approximate surface area is 106 Å². The van der Waals surface area contributed by atoms with Crippen molar-refractivity contribution in [3.63, 3.8) is 0 Å². The first-order valence-electron chi connectivity index (χ1n) is 6.60. The van der Waals surface area contributed by atoms with Gasteiger partial charge in [-0.3, -0.25) is 4.58 Å². The molecule has 0 aliphatic rings. The molecule has 0 saturated carbocycles. The number of carbonyl (C=O) groups is 1. The maximum atomic E-state index is 11.5. The van der Waals surface area contributed by atoms with Crippen LogP contribution >= 0.6 is 0 Å². The van der Waals surface area contributed by atoms with Crippen molar-refractivity contribution >= 4 is 14.3 Å². The summed E-state index contributed by atoms with van der Waals surface area (Å²) in [5.41, 5.74) is 0. The molecule has 4 nitrogen and oxygen atoms in total. The van der Waals surface area contributed by atoms with Gasteiger partial charge in [0.05, 0.1) is 6.61 Å². The average Bonchev–Trinajstić information content (AvgIpc) is 2.36. The average molecular weight is 262 g/mol. The Bertz CT molecular complexity index is 208. The summed E-state index contributed by atoms with van der Waals surface area (Å²) >= 11 is 0. The first-order valence-corrected chi connectivity index (χ1v) is 9.13. The van der Waals surface area contributed by atoms with Crippen molar-refractivity contribution in [1.82, 2.24) is 0 Å². The van der Waals surface area contributed by atoms with Crippen molar-refractivity contribution in [2.24, 2.45) is 0 Å². The minimum Gasteiger partial charge on any atom is -0.464 e. The molecule has 0 fully saturated rings. The van der Waals surface area contributed by atoms with Gasteiger partial charge in [0.25, 0.3) is 0 Å². The number of esters is 1. The normalized spacial score (nSPS) is 13.5. The molecule has 0 amide bonds. The van der Waals surface area contributed by atoms with Gasteiger partial charge < -0.3 is 4.74 Å². The topological polar surface area (TPSA) is 44.8 Å². The van der Waals surface area contributed by atoms with Crippen LogP contribution in [0, 0.1) is 0 Å². The van der Waals surface area contributed by atoms with Crippen molar-refractivity contribution in [2.75, 3.05) is 6.61 Å². The second-order valence-electron chi connectivity index (χ2n) is 4.07. The maximum absolute atomic E-state index is 11.5. The largest absolute Gasteiger partial charge is 0.464 e. The zero-order valence-electron chi connectivity index (χ0n) is 11.7. The fraction of sp³-hybridized carbons (Fsp3) is 0.917. The van der Waals surface area contributed by atoms with Gasteiger partial charge in [-0.05, 0) is 31.5 Å². The second kappa shape index (κ2) is 8.66. The Kier molecular flexibility index (Phi) is 8.46. The summed E-state index contributed by atoms with van der Waals surface area (Å²) in [6.45, 7) is 10.4. The Balaban J connectivity index is 4.34. The van der Waals surface area contributed by atoms with Gasteiger partial charge in [0.1, 0.15) is 0 Å². The van der Waals surface area contributed by atoms with E-state index in [9.17, 15) is 4.79 Å². The predicted molar refractivity (Wildman–Crippen MR) is 70.1 cm³/mol. The molecule has 0 aliphatic heterocycles. The van der Waals surface area contributed by atoms with E-state index < -0.39 is 14.4 Å². The number of rotatable bonds is 9. The van der Waals surface area contributed by atoms with E-state index in [1.807, 2.05) is 6.92 Å². The molecule has 0 spiro atoms. The molecule has 0 radical (unpaired) electrons. The predicted octanol–water partition coefficient (Wildman–Crippen LogP) is 3.28. The van der Waals surface area contributed by atoms with E-state index in [-0.39, 0.29) is 5.97 Å². The van der Waals surface area contributed by atoms with Gasteiger partial charge in [-0.2, -0.15) is 0 Å². The van der Waals surface area contributed by atoms with Crippen LogP contribution in [-0.2, 0) is 19.0 Å². The van der Waals surface area contributed by atoms with Gasteiger partial charge in [0.15, 0.2) is 6.10 Å². The summed E-state index contributed by atoms with van der Waals surface area (Å²) in [6.07, 6.45) is -0.0213. The molecule has 0 rings (SSSR count). The molecular weight excluding hydrogens is 236 g/mol. The van der Waals surface area contributed by atoms with Crippen LogP contribution in [0.5, 0.6) is 0 Å². The summed E-state index contributed by atoms with van der Waals surface area (Å²) in [7, 11) is -1.80. The van der Waals surface area contributed by atoms with E-state index >= 15 is 0 Å². The minimum atomic E-state index is -1.80. The molecule has 5 heteroatoms. The molecule has 1 atom stereocenters. The van der Waals surface area contributed by atoms with Crippen LogP contribution < -0.4 is 0 Å². The van der Waals surface area contributed by atoms with Crippen LogP contribution in [0.1, 0.15) is 41.0 Å². The molecule has 17 heavy (non-hydrogen) atoms. The number of ether oxygens (including phenoxy) is 1. The Hall–Kier alpha value is -0.393. The molecule has 1 unspecified atom stereocenters. The Morgan fingerprint density at radius 3 is 1.94 bits per heavy atom. The van der Waals surface area contributed by atoms with Crippen LogP contribution in [0.4, 0.5) is 0 Å². The van der Waals surface area contributed by atoms with E-state index in [0.29, 0.717) is 13.0 Å². The minimum absolute atomic E-state index is 0.332. The molecule has 0 aromatic heterocycles. The van der Waals surface area contributed by atoms with E-state index in [2.05, 4.69) is 20.8 Å². The van der Waals surface area contributed by atoms with Crippen molar-refractivity contribution in [3.8, 4) is 0 Å². The highest BCUT2D eigenvalue weighted by Gasteiger charge is 2.33. The van der Waals surface area contributed by atoms with Gasteiger partial charge in [-0.25, -0.2) is 9.68 Å². The monoisotopic (exact) mass is 262 g/mol. The molecule has 0 aliphatic carbocycles.